The number of benzene rings is 2. The highest BCUT2D eigenvalue weighted by Gasteiger charge is 2.21. The number of carbonyl (C=O) groups is 1. The molecule has 0 saturated heterocycles. The zero-order valence-electron chi connectivity index (χ0n) is 14.9. The summed E-state index contributed by atoms with van der Waals surface area (Å²) in [5, 5.41) is 21.0. The van der Waals surface area contributed by atoms with Gasteiger partial charge in [-0.15, -0.1) is 10.2 Å². The molecule has 1 amide bonds. The Kier molecular flexibility index (Phi) is 5.99. The number of thioether (sulfide) groups is 1. The lowest BCUT2D eigenvalue weighted by Crippen LogP contribution is -2.23. The topological polar surface area (TPSA) is 129 Å². The van der Waals surface area contributed by atoms with Crippen LogP contribution >= 0.6 is 23.4 Å². The third kappa shape index (κ3) is 4.63. The lowest BCUT2D eigenvalue weighted by atomic mass is 10.2. The summed E-state index contributed by atoms with van der Waals surface area (Å²) >= 11 is 7.05. The second kappa shape index (κ2) is 8.45. The number of nitro benzene ring substituents is 1. The summed E-state index contributed by atoms with van der Waals surface area (Å²) in [4.78, 5) is 22.6. The fraction of sp³-hybridized carbons (Fsp3) is 0.118. The van der Waals surface area contributed by atoms with E-state index in [0.717, 1.165) is 17.8 Å². The van der Waals surface area contributed by atoms with Gasteiger partial charge in [0.05, 0.1) is 20.9 Å². The molecule has 3 aromatic rings. The summed E-state index contributed by atoms with van der Waals surface area (Å²) in [6.45, 7) is 1.63. The van der Waals surface area contributed by atoms with E-state index in [0.29, 0.717) is 11.4 Å². The van der Waals surface area contributed by atoms with E-state index in [2.05, 4.69) is 15.5 Å². The smallest absolute Gasteiger partial charge is 0.271 e. The minimum atomic E-state index is -0.631. The van der Waals surface area contributed by atoms with Crippen LogP contribution in [-0.4, -0.2) is 31.0 Å². The van der Waals surface area contributed by atoms with Crippen LogP contribution in [0.1, 0.15) is 6.92 Å². The Morgan fingerprint density at radius 2 is 2.00 bits per heavy atom. The Morgan fingerprint density at radius 3 is 2.62 bits per heavy atom. The Labute approximate surface area is 173 Å². The number of hydrogen-bond donors (Lipinski definition) is 2. The maximum Gasteiger partial charge on any atom is 0.271 e. The van der Waals surface area contributed by atoms with Crippen LogP contribution in [-0.2, 0) is 4.79 Å². The highest BCUT2D eigenvalue weighted by Crippen LogP contribution is 2.29. The molecule has 3 N–H and O–H groups in total. The number of nitrogens with two attached hydrogens (primary N) is 1. The molecule has 12 heteroatoms. The third-order valence-corrected chi connectivity index (χ3v) is 5.21. The second-order valence-electron chi connectivity index (χ2n) is 5.85. The molecule has 150 valence electrons. The number of rotatable bonds is 6. The number of aromatic nitrogens is 3. The third-order valence-electron chi connectivity index (χ3n) is 3.84. The van der Waals surface area contributed by atoms with Crippen molar-refractivity contribution in [2.45, 2.75) is 17.3 Å². The van der Waals surface area contributed by atoms with Gasteiger partial charge in [0.1, 0.15) is 5.82 Å². The number of nitro groups is 1. The van der Waals surface area contributed by atoms with Crippen LogP contribution in [0.3, 0.4) is 0 Å². The predicted octanol–water partition coefficient (Wildman–Crippen LogP) is 3.48. The Bertz CT molecular complexity index is 1080. The van der Waals surface area contributed by atoms with Gasteiger partial charge in [0.25, 0.3) is 5.69 Å². The highest BCUT2D eigenvalue weighted by atomic mass is 35.5. The van der Waals surface area contributed by atoms with Gasteiger partial charge in [-0.1, -0.05) is 23.4 Å². The molecule has 0 saturated carbocycles. The Morgan fingerprint density at radius 1 is 1.31 bits per heavy atom. The number of anilines is 1. The van der Waals surface area contributed by atoms with E-state index in [4.69, 9.17) is 17.4 Å². The van der Waals surface area contributed by atoms with Crippen molar-refractivity contribution < 1.29 is 14.1 Å². The second-order valence-corrected chi connectivity index (χ2v) is 7.57. The molecular weight excluding hydrogens is 423 g/mol. The summed E-state index contributed by atoms with van der Waals surface area (Å²) < 4.78 is 14.3. The molecule has 1 heterocycles. The lowest BCUT2D eigenvalue weighted by Gasteiger charge is -2.12. The largest absolute Gasteiger partial charge is 0.335 e. The first kappa shape index (κ1) is 20.6. The molecule has 29 heavy (non-hydrogen) atoms. The number of hydrogen-bond acceptors (Lipinski definition) is 7. The van der Waals surface area contributed by atoms with Gasteiger partial charge in [0.15, 0.2) is 5.82 Å². The molecule has 1 aromatic heterocycles. The Hall–Kier alpha value is -3.18. The van der Waals surface area contributed by atoms with E-state index in [1.165, 1.54) is 41.1 Å². The van der Waals surface area contributed by atoms with Crippen molar-refractivity contribution >= 4 is 40.6 Å². The van der Waals surface area contributed by atoms with E-state index in [9.17, 15) is 19.3 Å². The number of halogens is 2. The maximum atomic E-state index is 13.1. The van der Waals surface area contributed by atoms with Crippen LogP contribution in [0.15, 0.2) is 47.6 Å². The normalized spacial score (nSPS) is 11.8. The summed E-state index contributed by atoms with van der Waals surface area (Å²) in [5.74, 6) is 5.53. The standard InChI is InChI=1S/C17H14ClFN6O3S/c1-9(16(26)21-14-7-6-12(25(27)28)8-13(14)18)29-17-23-22-15(24(17)20)10-2-4-11(19)5-3-10/h2-9H,20H2,1H3,(H,21,26). The zero-order valence-corrected chi connectivity index (χ0v) is 16.4. The predicted molar refractivity (Wildman–Crippen MR) is 108 cm³/mol. The summed E-state index contributed by atoms with van der Waals surface area (Å²) in [5.41, 5.74) is 0.638. The first-order valence-corrected chi connectivity index (χ1v) is 9.40. The van der Waals surface area contributed by atoms with Crippen molar-refractivity contribution in [2.75, 3.05) is 11.2 Å². The number of nitrogens with zero attached hydrogens (tertiary/aromatic N) is 4. The summed E-state index contributed by atoms with van der Waals surface area (Å²) in [7, 11) is 0. The molecule has 0 spiro atoms. The molecule has 1 atom stereocenters. The monoisotopic (exact) mass is 436 g/mol. The van der Waals surface area contributed by atoms with E-state index in [1.54, 1.807) is 6.92 Å². The van der Waals surface area contributed by atoms with Gasteiger partial charge in [0.2, 0.25) is 11.1 Å². The molecule has 0 bridgehead atoms. The fourth-order valence-corrected chi connectivity index (χ4v) is 3.31. The van der Waals surface area contributed by atoms with Crippen molar-refractivity contribution in [3.63, 3.8) is 0 Å². The molecule has 0 aliphatic carbocycles. The minimum Gasteiger partial charge on any atom is -0.335 e. The van der Waals surface area contributed by atoms with Gasteiger partial charge >= 0.3 is 0 Å². The maximum absolute atomic E-state index is 13.1. The molecule has 3 rings (SSSR count). The average molecular weight is 437 g/mol. The van der Waals surface area contributed by atoms with Crippen LogP contribution in [0, 0.1) is 15.9 Å². The molecule has 9 nitrogen and oxygen atoms in total. The number of nitrogen functional groups attached to an aromatic ring is 1. The van der Waals surface area contributed by atoms with Gasteiger partial charge in [-0.05, 0) is 37.3 Å². The van der Waals surface area contributed by atoms with E-state index < -0.39 is 16.1 Å². The van der Waals surface area contributed by atoms with Crippen molar-refractivity contribution in [1.29, 1.82) is 0 Å². The number of carbonyl (C=O) groups excluding carboxylic acids is 1. The molecule has 0 aliphatic heterocycles. The van der Waals surface area contributed by atoms with Crippen molar-refractivity contribution in [3.05, 3.63) is 63.4 Å². The number of amides is 1. The molecule has 2 aromatic carbocycles. The first-order valence-electron chi connectivity index (χ1n) is 8.14. The summed E-state index contributed by atoms with van der Waals surface area (Å²) in [6.07, 6.45) is 0. The van der Waals surface area contributed by atoms with Crippen LogP contribution in [0.25, 0.3) is 11.4 Å². The molecular formula is C17H14ClFN6O3S. The van der Waals surface area contributed by atoms with Gasteiger partial charge in [0, 0.05) is 17.7 Å². The fourth-order valence-electron chi connectivity index (χ4n) is 2.32. The Balaban J connectivity index is 1.70. The van der Waals surface area contributed by atoms with Crippen molar-refractivity contribution in [3.8, 4) is 11.4 Å². The molecule has 0 aliphatic rings. The van der Waals surface area contributed by atoms with E-state index in [-0.39, 0.29) is 27.4 Å². The van der Waals surface area contributed by atoms with Crippen LogP contribution < -0.4 is 11.2 Å². The zero-order chi connectivity index (χ0) is 21.1. The van der Waals surface area contributed by atoms with Crippen LogP contribution in [0.4, 0.5) is 15.8 Å². The van der Waals surface area contributed by atoms with Crippen LogP contribution in [0.2, 0.25) is 5.02 Å². The minimum absolute atomic E-state index is 0.0466. The van der Waals surface area contributed by atoms with Gasteiger partial charge in [-0.3, -0.25) is 14.9 Å². The molecule has 0 fully saturated rings. The summed E-state index contributed by atoms with van der Waals surface area (Å²) in [6, 6.07) is 9.34. The quantitative estimate of drug-likeness (QED) is 0.262. The SMILES string of the molecule is CC(Sc1nnc(-c2ccc(F)cc2)n1N)C(=O)Nc1ccc([N+](=O)[O-])cc1Cl. The highest BCUT2D eigenvalue weighted by molar-refractivity contribution is 8.00. The lowest BCUT2D eigenvalue weighted by molar-refractivity contribution is -0.384. The van der Waals surface area contributed by atoms with E-state index >= 15 is 0 Å². The number of nitrogens with one attached hydrogen (secondary N) is 1. The number of non-ortho nitro benzene ring substituents is 1. The van der Waals surface area contributed by atoms with Crippen molar-refractivity contribution in [2.24, 2.45) is 0 Å². The van der Waals surface area contributed by atoms with Crippen LogP contribution in [0.5, 0.6) is 0 Å². The molecule has 0 radical (unpaired) electrons. The molecule has 1 unspecified atom stereocenters. The van der Waals surface area contributed by atoms with Gasteiger partial charge < -0.3 is 11.2 Å². The van der Waals surface area contributed by atoms with Crippen molar-refractivity contribution in [1.82, 2.24) is 14.9 Å². The van der Waals surface area contributed by atoms with Gasteiger partial charge in [-0.25, -0.2) is 9.07 Å². The van der Waals surface area contributed by atoms with Gasteiger partial charge in [-0.2, -0.15) is 0 Å². The van der Waals surface area contributed by atoms with E-state index in [1.807, 2.05) is 0 Å². The average Bonchev–Trinajstić information content (AvgIpc) is 3.04. The first-order chi connectivity index (χ1) is 13.8.